The highest BCUT2D eigenvalue weighted by atomic mass is 32.2. The van der Waals surface area contributed by atoms with Crippen LogP contribution in [0.25, 0.3) is 0 Å². The van der Waals surface area contributed by atoms with Gasteiger partial charge in [-0.15, -0.1) is 0 Å². The summed E-state index contributed by atoms with van der Waals surface area (Å²) < 4.78 is 11.2. The van der Waals surface area contributed by atoms with Gasteiger partial charge in [-0.05, 0) is 0 Å². The van der Waals surface area contributed by atoms with Crippen LogP contribution in [0.4, 0.5) is 0 Å². The highest BCUT2D eigenvalue weighted by Crippen LogP contribution is 2.13. The van der Waals surface area contributed by atoms with Crippen LogP contribution >= 0.6 is 11.8 Å². The molecule has 5 heteroatoms. The first kappa shape index (κ1) is 9.96. The first-order valence-electron chi connectivity index (χ1n) is 4.76. The van der Waals surface area contributed by atoms with Gasteiger partial charge in [0.05, 0.1) is 6.17 Å². The molecule has 0 aromatic heterocycles. The zero-order valence-electron chi connectivity index (χ0n) is 7.70. The molecule has 2 rings (SSSR count). The van der Waals surface area contributed by atoms with E-state index < -0.39 is 10.8 Å². The summed E-state index contributed by atoms with van der Waals surface area (Å²) in [6.45, 7) is 3.13. The summed E-state index contributed by atoms with van der Waals surface area (Å²) >= 11 is 2.02. The average molecular weight is 220 g/mol. The van der Waals surface area contributed by atoms with Gasteiger partial charge in [-0.1, -0.05) is 0 Å². The fourth-order valence-electron chi connectivity index (χ4n) is 1.75. The second kappa shape index (κ2) is 4.77. The maximum atomic E-state index is 11.2. The van der Waals surface area contributed by atoms with Crippen LogP contribution in [0.15, 0.2) is 0 Å². The molecule has 0 aromatic rings. The van der Waals surface area contributed by atoms with Crippen LogP contribution in [0.2, 0.25) is 0 Å². The zero-order chi connectivity index (χ0) is 9.10. The minimum atomic E-state index is -0.542. The summed E-state index contributed by atoms with van der Waals surface area (Å²) in [5.74, 6) is 4.15. The Kier molecular flexibility index (Phi) is 3.66. The van der Waals surface area contributed by atoms with Crippen molar-refractivity contribution in [3.05, 3.63) is 0 Å². The molecule has 2 fully saturated rings. The molecule has 1 unspecified atom stereocenters. The van der Waals surface area contributed by atoms with Crippen molar-refractivity contribution in [2.45, 2.75) is 6.17 Å². The van der Waals surface area contributed by atoms with Crippen LogP contribution in [0.5, 0.6) is 0 Å². The van der Waals surface area contributed by atoms with Gasteiger partial charge in [-0.3, -0.25) is 9.11 Å². The summed E-state index contributed by atoms with van der Waals surface area (Å²) in [6, 6.07) is 0. The molecule has 2 aliphatic rings. The van der Waals surface area contributed by atoms with E-state index in [9.17, 15) is 4.21 Å². The van der Waals surface area contributed by atoms with Crippen molar-refractivity contribution in [3.63, 3.8) is 0 Å². The third kappa shape index (κ3) is 2.68. The third-order valence-corrected chi connectivity index (χ3v) is 4.88. The topological polar surface area (TPSA) is 32.3 Å². The number of hydrogen-bond donors (Lipinski definition) is 1. The van der Waals surface area contributed by atoms with E-state index in [4.69, 9.17) is 0 Å². The smallest absolute Gasteiger partial charge is 0.0691 e. The van der Waals surface area contributed by atoms with E-state index in [2.05, 4.69) is 10.2 Å². The Bertz CT molecular complexity index is 185. The molecule has 0 aromatic carbocycles. The second-order valence-corrected chi connectivity index (χ2v) is 6.27. The lowest BCUT2D eigenvalue weighted by Crippen LogP contribution is -2.54. The second-order valence-electron chi connectivity index (χ2n) is 3.43. The molecule has 0 saturated carbocycles. The molecule has 76 valence electrons. The van der Waals surface area contributed by atoms with Crippen molar-refractivity contribution in [1.82, 2.24) is 10.2 Å². The molecular formula is C8H16N2OS2. The maximum absolute atomic E-state index is 11.2. The highest BCUT2D eigenvalue weighted by molar-refractivity contribution is 7.99. The van der Waals surface area contributed by atoms with Crippen molar-refractivity contribution < 1.29 is 4.21 Å². The summed E-state index contributed by atoms with van der Waals surface area (Å²) in [7, 11) is -0.542. The van der Waals surface area contributed by atoms with Crippen LogP contribution in [-0.4, -0.2) is 57.9 Å². The van der Waals surface area contributed by atoms with Crippen molar-refractivity contribution in [3.8, 4) is 0 Å². The molecule has 0 radical (unpaired) electrons. The Balaban J connectivity index is 1.82. The predicted molar refractivity (Wildman–Crippen MR) is 58.6 cm³/mol. The molecule has 13 heavy (non-hydrogen) atoms. The molecule has 1 atom stereocenters. The lowest BCUT2D eigenvalue weighted by molar-refractivity contribution is 0.198. The fourth-order valence-corrected chi connectivity index (χ4v) is 3.81. The van der Waals surface area contributed by atoms with Gasteiger partial charge >= 0.3 is 0 Å². The van der Waals surface area contributed by atoms with Crippen LogP contribution in [-0.2, 0) is 10.8 Å². The van der Waals surface area contributed by atoms with E-state index in [1.807, 2.05) is 11.8 Å². The lowest BCUT2D eigenvalue weighted by Gasteiger charge is -2.36. The average Bonchev–Trinajstić information content (AvgIpc) is 2.20. The van der Waals surface area contributed by atoms with E-state index in [0.29, 0.717) is 6.17 Å². The summed E-state index contributed by atoms with van der Waals surface area (Å²) in [6.07, 6.45) is 0.538. The van der Waals surface area contributed by atoms with Crippen molar-refractivity contribution in [2.75, 3.05) is 42.6 Å². The molecule has 0 aliphatic carbocycles. The minimum Gasteiger partial charge on any atom is -0.300 e. The number of rotatable bonds is 1. The summed E-state index contributed by atoms with van der Waals surface area (Å²) in [5.41, 5.74) is 0. The normalized spacial score (nSPS) is 33.4. The number of thioether (sulfide) groups is 1. The van der Waals surface area contributed by atoms with E-state index in [-0.39, 0.29) is 0 Å². The Labute approximate surface area is 86.1 Å². The molecule has 0 bridgehead atoms. The van der Waals surface area contributed by atoms with E-state index in [1.54, 1.807) is 0 Å². The monoisotopic (exact) mass is 220 g/mol. The quantitative estimate of drug-likeness (QED) is 0.658. The third-order valence-electron chi connectivity index (χ3n) is 2.56. The Morgan fingerprint density at radius 3 is 2.77 bits per heavy atom. The zero-order valence-corrected chi connectivity index (χ0v) is 9.33. The van der Waals surface area contributed by atoms with Crippen LogP contribution in [0.3, 0.4) is 0 Å². The van der Waals surface area contributed by atoms with E-state index >= 15 is 0 Å². The van der Waals surface area contributed by atoms with Crippen LogP contribution < -0.4 is 5.32 Å². The molecule has 0 amide bonds. The molecular weight excluding hydrogens is 204 g/mol. The van der Waals surface area contributed by atoms with Gasteiger partial charge < -0.3 is 5.32 Å². The largest absolute Gasteiger partial charge is 0.300 e. The van der Waals surface area contributed by atoms with Crippen LogP contribution in [0, 0.1) is 0 Å². The molecule has 2 heterocycles. The minimum absolute atomic E-state index is 0.538. The fraction of sp³-hybridized carbons (Fsp3) is 1.00. The molecule has 1 N–H and O–H groups in total. The maximum Gasteiger partial charge on any atom is 0.0691 e. The Morgan fingerprint density at radius 2 is 2.15 bits per heavy atom. The summed E-state index contributed by atoms with van der Waals surface area (Å²) in [4.78, 5) is 2.44. The van der Waals surface area contributed by atoms with E-state index in [1.165, 1.54) is 11.5 Å². The van der Waals surface area contributed by atoms with Gasteiger partial charge in [0.15, 0.2) is 0 Å². The summed E-state index contributed by atoms with van der Waals surface area (Å²) in [5, 5.41) is 3.51. The SMILES string of the molecule is O=S1CCN(C2CSCCN2)CC1. The van der Waals surface area contributed by atoms with E-state index in [0.717, 1.165) is 31.1 Å². The molecule has 3 nitrogen and oxygen atoms in total. The molecule has 0 spiro atoms. The molecule has 2 aliphatic heterocycles. The van der Waals surface area contributed by atoms with Gasteiger partial charge in [-0.25, -0.2) is 0 Å². The van der Waals surface area contributed by atoms with Crippen molar-refractivity contribution in [2.24, 2.45) is 0 Å². The molecule has 2 saturated heterocycles. The first-order chi connectivity index (χ1) is 6.36. The van der Waals surface area contributed by atoms with Gasteiger partial charge in [-0.2, -0.15) is 11.8 Å². The standard InChI is InChI=1S/C8H16N2OS2/c11-13-5-2-10(3-6-13)8-7-12-4-1-9-8/h8-9H,1-7H2. The van der Waals surface area contributed by atoms with Crippen molar-refractivity contribution in [1.29, 1.82) is 0 Å². The van der Waals surface area contributed by atoms with Gasteiger partial charge in [0.25, 0.3) is 0 Å². The van der Waals surface area contributed by atoms with Gasteiger partial charge in [0, 0.05) is 53.4 Å². The van der Waals surface area contributed by atoms with Gasteiger partial charge in [0.1, 0.15) is 0 Å². The van der Waals surface area contributed by atoms with Crippen molar-refractivity contribution >= 4 is 22.6 Å². The first-order valence-corrected chi connectivity index (χ1v) is 7.41. The number of nitrogens with one attached hydrogen (secondary N) is 1. The van der Waals surface area contributed by atoms with Gasteiger partial charge in [0.2, 0.25) is 0 Å². The lowest BCUT2D eigenvalue weighted by atomic mass is 10.4. The number of hydrogen-bond acceptors (Lipinski definition) is 4. The Hall–Kier alpha value is 0.420. The predicted octanol–water partition coefficient (Wildman–Crippen LogP) is -0.287. The number of nitrogens with zero attached hydrogens (tertiary/aromatic N) is 1. The van der Waals surface area contributed by atoms with Crippen LogP contribution in [0.1, 0.15) is 0 Å². The highest BCUT2D eigenvalue weighted by Gasteiger charge is 2.24. The Morgan fingerprint density at radius 1 is 1.38 bits per heavy atom.